The Kier molecular flexibility index (Phi) is 1.46. The van der Waals surface area contributed by atoms with Crippen LogP contribution in [0.25, 0.3) is 0 Å². The predicted octanol–water partition coefficient (Wildman–Crippen LogP) is 1.18. The smallest absolute Gasteiger partial charge is 0.324 e. The van der Waals surface area contributed by atoms with Crippen molar-refractivity contribution in [2.45, 2.75) is 13.4 Å². The molecule has 0 radical (unpaired) electrons. The fourth-order valence-electron chi connectivity index (χ4n) is 1.38. The van der Waals surface area contributed by atoms with Crippen LogP contribution < -0.4 is 5.46 Å². The second-order valence-electron chi connectivity index (χ2n) is 2.80. The zero-order chi connectivity index (χ0) is 7.84. The van der Waals surface area contributed by atoms with Gasteiger partial charge in [0.05, 0.1) is 6.61 Å². The number of hydrogen-bond acceptors (Lipinski definition) is 1. The van der Waals surface area contributed by atoms with Crippen LogP contribution in [0, 0.1) is 5.82 Å². The molecule has 1 aliphatic heterocycles. The predicted molar refractivity (Wildman–Crippen MR) is 42.4 cm³/mol. The summed E-state index contributed by atoms with van der Waals surface area (Å²) in [5.74, 6) is -0.180. The molecule has 1 aromatic rings. The van der Waals surface area contributed by atoms with Gasteiger partial charge < -0.3 is 4.65 Å². The second-order valence-corrected chi connectivity index (χ2v) is 2.80. The Morgan fingerprint density at radius 2 is 2.36 bits per heavy atom. The van der Waals surface area contributed by atoms with E-state index < -0.39 is 0 Å². The lowest BCUT2D eigenvalue weighted by atomic mass is 9.64. The topological polar surface area (TPSA) is 9.23 Å². The number of rotatable bonds is 0. The molecule has 0 saturated heterocycles. The minimum absolute atomic E-state index is 0.0562. The van der Waals surface area contributed by atoms with Gasteiger partial charge in [-0.05, 0) is 23.2 Å². The molecule has 0 aliphatic carbocycles. The standard InChI is InChI=1S/C8H8BFO/c1-9-8-4-7(10)3-2-6(8)5-11-9/h2-4H,5H2,1H3. The molecule has 56 valence electrons. The highest BCUT2D eigenvalue weighted by Gasteiger charge is 2.22. The molecule has 3 heteroatoms. The molecule has 0 amide bonds. The van der Waals surface area contributed by atoms with Crippen molar-refractivity contribution in [2.24, 2.45) is 0 Å². The Hall–Kier alpha value is -0.825. The summed E-state index contributed by atoms with van der Waals surface area (Å²) in [6.07, 6.45) is 0. The van der Waals surface area contributed by atoms with Gasteiger partial charge in [-0.3, -0.25) is 0 Å². The van der Waals surface area contributed by atoms with Crippen LogP contribution in [-0.4, -0.2) is 6.92 Å². The molecule has 11 heavy (non-hydrogen) atoms. The van der Waals surface area contributed by atoms with Crippen molar-refractivity contribution < 1.29 is 9.04 Å². The SMILES string of the molecule is CB1OCc2ccc(F)cc21. The van der Waals surface area contributed by atoms with Crippen molar-refractivity contribution in [3.05, 3.63) is 29.6 Å². The first-order valence-electron chi connectivity index (χ1n) is 3.67. The van der Waals surface area contributed by atoms with E-state index in [4.69, 9.17) is 4.65 Å². The zero-order valence-electron chi connectivity index (χ0n) is 6.30. The van der Waals surface area contributed by atoms with Crippen LogP contribution in [0.15, 0.2) is 18.2 Å². The van der Waals surface area contributed by atoms with E-state index in [1.165, 1.54) is 6.07 Å². The van der Waals surface area contributed by atoms with Gasteiger partial charge in [0.2, 0.25) is 0 Å². The minimum Gasteiger partial charge on any atom is -0.427 e. The largest absolute Gasteiger partial charge is 0.427 e. The molecule has 1 nitrogen and oxygen atoms in total. The lowest BCUT2D eigenvalue weighted by Gasteiger charge is -1.97. The van der Waals surface area contributed by atoms with Gasteiger partial charge in [-0.25, -0.2) is 4.39 Å². The van der Waals surface area contributed by atoms with Gasteiger partial charge in [0.25, 0.3) is 0 Å². The number of fused-ring (bicyclic) bond motifs is 1. The Labute approximate surface area is 65.3 Å². The Morgan fingerprint density at radius 3 is 3.18 bits per heavy atom. The summed E-state index contributed by atoms with van der Waals surface area (Å²) >= 11 is 0. The van der Waals surface area contributed by atoms with E-state index in [9.17, 15) is 4.39 Å². The quantitative estimate of drug-likeness (QED) is 0.504. The second kappa shape index (κ2) is 2.34. The van der Waals surface area contributed by atoms with E-state index in [2.05, 4.69) is 0 Å². The zero-order valence-corrected chi connectivity index (χ0v) is 6.30. The summed E-state index contributed by atoms with van der Waals surface area (Å²) in [6, 6.07) is 4.81. The normalized spacial score (nSPS) is 15.3. The molecule has 0 aromatic heterocycles. The molecule has 0 atom stereocenters. The lowest BCUT2D eigenvalue weighted by Crippen LogP contribution is -2.24. The van der Waals surface area contributed by atoms with Crippen molar-refractivity contribution in [3.8, 4) is 0 Å². The highest BCUT2D eigenvalue weighted by molar-refractivity contribution is 6.67. The monoisotopic (exact) mass is 150 g/mol. The minimum atomic E-state index is -0.180. The van der Waals surface area contributed by atoms with Crippen molar-refractivity contribution in [1.82, 2.24) is 0 Å². The molecule has 2 rings (SSSR count). The molecule has 0 N–H and O–H groups in total. The third kappa shape index (κ3) is 1.05. The first-order chi connectivity index (χ1) is 5.27. The fraction of sp³-hybridized carbons (Fsp3) is 0.250. The number of hydrogen-bond donors (Lipinski definition) is 0. The number of halogens is 1. The summed E-state index contributed by atoms with van der Waals surface area (Å²) in [7, 11) is 0. The van der Waals surface area contributed by atoms with Gasteiger partial charge in [0.1, 0.15) is 5.82 Å². The van der Waals surface area contributed by atoms with E-state index in [-0.39, 0.29) is 12.7 Å². The Balaban J connectivity index is 2.52. The fourth-order valence-corrected chi connectivity index (χ4v) is 1.38. The van der Waals surface area contributed by atoms with Crippen LogP contribution in [0.2, 0.25) is 6.82 Å². The van der Waals surface area contributed by atoms with Crippen LogP contribution in [0.5, 0.6) is 0 Å². The van der Waals surface area contributed by atoms with E-state index in [1.54, 1.807) is 12.1 Å². The first kappa shape index (κ1) is 6.86. The summed E-state index contributed by atoms with van der Waals surface area (Å²) in [6.45, 7) is 2.61. The van der Waals surface area contributed by atoms with E-state index in [0.29, 0.717) is 6.61 Å². The van der Waals surface area contributed by atoms with E-state index in [1.807, 2.05) is 6.82 Å². The Bertz CT molecular complexity index is 287. The maximum absolute atomic E-state index is 12.7. The highest BCUT2D eigenvalue weighted by atomic mass is 19.1. The van der Waals surface area contributed by atoms with Crippen LogP contribution in [-0.2, 0) is 11.3 Å². The van der Waals surface area contributed by atoms with Gasteiger partial charge >= 0.3 is 6.92 Å². The van der Waals surface area contributed by atoms with Crippen LogP contribution in [0.1, 0.15) is 5.56 Å². The van der Waals surface area contributed by atoms with Gasteiger partial charge in [-0.2, -0.15) is 0 Å². The molecule has 0 unspecified atom stereocenters. The van der Waals surface area contributed by atoms with Gasteiger partial charge in [-0.15, -0.1) is 0 Å². The van der Waals surface area contributed by atoms with Crippen LogP contribution in [0.3, 0.4) is 0 Å². The van der Waals surface area contributed by atoms with Crippen molar-refractivity contribution in [3.63, 3.8) is 0 Å². The maximum atomic E-state index is 12.7. The van der Waals surface area contributed by atoms with Crippen molar-refractivity contribution in [1.29, 1.82) is 0 Å². The molecule has 1 heterocycles. The molecule has 0 bridgehead atoms. The third-order valence-corrected chi connectivity index (χ3v) is 2.03. The highest BCUT2D eigenvalue weighted by Crippen LogP contribution is 2.11. The molecular weight excluding hydrogens is 142 g/mol. The maximum Gasteiger partial charge on any atom is 0.324 e. The van der Waals surface area contributed by atoms with Crippen LogP contribution in [0.4, 0.5) is 4.39 Å². The van der Waals surface area contributed by atoms with Crippen LogP contribution >= 0.6 is 0 Å². The van der Waals surface area contributed by atoms with Gasteiger partial charge in [0, 0.05) is 0 Å². The van der Waals surface area contributed by atoms with Gasteiger partial charge in [0.15, 0.2) is 0 Å². The average molecular weight is 150 g/mol. The molecule has 1 aliphatic rings. The summed E-state index contributed by atoms with van der Waals surface area (Å²) in [4.78, 5) is 0. The van der Waals surface area contributed by atoms with Crippen molar-refractivity contribution in [2.75, 3.05) is 0 Å². The molecule has 1 aromatic carbocycles. The molecule has 0 saturated carbocycles. The van der Waals surface area contributed by atoms with Crippen molar-refractivity contribution >= 4 is 12.4 Å². The summed E-state index contributed by atoms with van der Waals surface area (Å²) in [5.41, 5.74) is 2.10. The van der Waals surface area contributed by atoms with Gasteiger partial charge in [-0.1, -0.05) is 12.9 Å². The van der Waals surface area contributed by atoms with E-state index >= 15 is 0 Å². The summed E-state index contributed by atoms with van der Waals surface area (Å²) in [5, 5.41) is 0. The summed E-state index contributed by atoms with van der Waals surface area (Å²) < 4.78 is 18.0. The third-order valence-electron chi connectivity index (χ3n) is 2.03. The molecular formula is C8H8BFO. The first-order valence-corrected chi connectivity index (χ1v) is 3.67. The Morgan fingerprint density at radius 1 is 1.55 bits per heavy atom. The number of benzene rings is 1. The molecule has 0 spiro atoms. The lowest BCUT2D eigenvalue weighted by molar-refractivity contribution is 0.333. The van der Waals surface area contributed by atoms with E-state index in [0.717, 1.165) is 11.0 Å². The average Bonchev–Trinajstić information content (AvgIpc) is 2.33. The molecule has 0 fully saturated rings.